The maximum Gasteiger partial charge on any atom is 0.250 e. The van der Waals surface area contributed by atoms with E-state index in [9.17, 15) is 9.59 Å². The van der Waals surface area contributed by atoms with Crippen molar-refractivity contribution in [2.45, 2.75) is 11.8 Å². The van der Waals surface area contributed by atoms with E-state index in [4.69, 9.17) is 0 Å². The molecule has 0 spiro atoms. The molecule has 0 heterocycles. The first-order valence-electron chi connectivity index (χ1n) is 2.78. The fraction of sp³-hybridized carbons (Fsp3) is 0.333. The quantitative estimate of drug-likeness (QED) is 0.342. The minimum absolute atomic E-state index is 0.0845. The molecule has 0 radical (unpaired) electrons. The van der Waals surface area contributed by atoms with E-state index in [2.05, 4.69) is 38.7 Å². The van der Waals surface area contributed by atoms with Gasteiger partial charge in [-0.25, -0.2) is 3.93 Å². The average Bonchev–Trinajstić information content (AvgIpc) is 2.00. The first-order valence-corrected chi connectivity index (χ1v) is 4.41. The van der Waals surface area contributed by atoms with Crippen molar-refractivity contribution in [3.05, 3.63) is 12.3 Å². The predicted molar refractivity (Wildman–Crippen MR) is 49.4 cm³/mol. The van der Waals surface area contributed by atoms with Crippen molar-refractivity contribution < 1.29 is 9.59 Å². The molecule has 0 aliphatic carbocycles. The largest absolute Gasteiger partial charge is 0.296 e. The lowest BCUT2D eigenvalue weighted by atomic mass is 10.4. The number of hydrogen-bond donors (Lipinski definition) is 0. The van der Waals surface area contributed by atoms with Gasteiger partial charge in [0, 0.05) is 0 Å². The van der Waals surface area contributed by atoms with E-state index in [0.717, 1.165) is 3.93 Å². The van der Waals surface area contributed by atoms with Gasteiger partial charge in [-0.1, -0.05) is 22.5 Å². The lowest BCUT2D eigenvalue weighted by Crippen LogP contribution is -2.26. The third-order valence-corrected chi connectivity index (χ3v) is 2.12. The molecule has 0 aliphatic rings. The lowest BCUT2D eigenvalue weighted by Gasteiger charge is -2.13. The zero-order valence-corrected chi connectivity index (χ0v) is 9.05. The van der Waals surface area contributed by atoms with E-state index >= 15 is 0 Å². The van der Waals surface area contributed by atoms with E-state index in [1.165, 1.54) is 0 Å². The summed E-state index contributed by atoms with van der Waals surface area (Å²) in [6.07, 6.45) is 0.502. The molecule has 3 nitrogen and oxygen atoms in total. The molecule has 0 rings (SSSR count). The highest BCUT2D eigenvalue weighted by molar-refractivity contribution is 9.10. The van der Waals surface area contributed by atoms with Crippen LogP contribution in [-0.2, 0) is 9.59 Å². The molecule has 5 heteroatoms. The number of amides is 1. The summed E-state index contributed by atoms with van der Waals surface area (Å²) in [5, 5.41) is 0. The summed E-state index contributed by atoms with van der Waals surface area (Å²) in [6, 6.07) is 0. The molecule has 1 unspecified atom stereocenters. The summed E-state index contributed by atoms with van der Waals surface area (Å²) < 4.78 is 1.03. The summed E-state index contributed by atoms with van der Waals surface area (Å²) in [4.78, 5) is 20.9. The Morgan fingerprint density at radius 1 is 1.73 bits per heavy atom. The van der Waals surface area contributed by atoms with E-state index in [1.54, 1.807) is 6.92 Å². The van der Waals surface area contributed by atoms with Crippen LogP contribution in [0.4, 0.5) is 0 Å². The number of carbonyl (C=O) groups excluding carboxylic acids is 2. The highest BCUT2D eigenvalue weighted by atomic mass is 79.9. The van der Waals surface area contributed by atoms with Gasteiger partial charge in [-0.2, -0.15) is 0 Å². The van der Waals surface area contributed by atoms with Crippen LogP contribution in [0, 0.1) is 0 Å². The first kappa shape index (κ1) is 10.8. The van der Waals surface area contributed by atoms with Crippen molar-refractivity contribution in [3.8, 4) is 0 Å². The predicted octanol–water partition coefficient (Wildman–Crippen LogP) is 1.62. The van der Waals surface area contributed by atoms with Crippen molar-refractivity contribution in [2.75, 3.05) is 0 Å². The monoisotopic (exact) mass is 283 g/mol. The number of rotatable bonds is 3. The average molecular weight is 285 g/mol. The molecule has 0 saturated carbocycles. The van der Waals surface area contributed by atoms with Crippen LogP contribution < -0.4 is 0 Å². The number of hydrogen-bond acceptors (Lipinski definition) is 2. The van der Waals surface area contributed by atoms with E-state index in [-0.39, 0.29) is 16.4 Å². The zero-order chi connectivity index (χ0) is 9.02. The fourth-order valence-electron chi connectivity index (χ4n) is 0.344. The van der Waals surface area contributed by atoms with Crippen molar-refractivity contribution >= 4 is 44.3 Å². The molecule has 1 amide bonds. The number of alkyl halides is 1. The molecule has 0 N–H and O–H groups in total. The Morgan fingerprint density at radius 2 is 2.18 bits per heavy atom. The van der Waals surface area contributed by atoms with Crippen LogP contribution in [-0.4, -0.2) is 20.9 Å². The molecular weight excluding hydrogens is 278 g/mol. The Balaban J connectivity index is 4.24. The highest BCUT2D eigenvalue weighted by Gasteiger charge is 2.17. The standard InChI is InChI=1S/C6H7Br2NO2/c1-4(3-10)9(8)6(11)5(2)7/h3,5H,1H2,2H3. The summed E-state index contributed by atoms with van der Waals surface area (Å²) in [5.41, 5.74) is 0.0845. The number of aldehydes is 1. The van der Waals surface area contributed by atoms with Crippen LogP contribution in [0.3, 0.4) is 0 Å². The smallest absolute Gasteiger partial charge is 0.250 e. The second kappa shape index (κ2) is 4.66. The molecule has 1 atom stereocenters. The van der Waals surface area contributed by atoms with Crippen molar-refractivity contribution in [3.63, 3.8) is 0 Å². The molecule has 11 heavy (non-hydrogen) atoms. The molecule has 0 bridgehead atoms. The second-order valence-corrected chi connectivity index (χ2v) is 3.93. The molecular formula is C6H7Br2NO2. The van der Waals surface area contributed by atoms with Gasteiger partial charge in [-0.05, 0) is 6.92 Å². The van der Waals surface area contributed by atoms with Crippen molar-refractivity contribution in [1.29, 1.82) is 0 Å². The van der Waals surface area contributed by atoms with E-state index < -0.39 is 0 Å². The Kier molecular flexibility index (Phi) is 4.60. The fourth-order valence-corrected chi connectivity index (χ4v) is 1.21. The SMILES string of the molecule is C=C(C=O)N(Br)C(=O)C(C)Br. The van der Waals surface area contributed by atoms with Gasteiger partial charge in [0.1, 0.15) is 0 Å². The third kappa shape index (κ3) is 3.16. The number of halogens is 2. The van der Waals surface area contributed by atoms with Crippen LogP contribution in [0.5, 0.6) is 0 Å². The van der Waals surface area contributed by atoms with Crippen LogP contribution in [0.15, 0.2) is 12.3 Å². The maximum absolute atomic E-state index is 11.1. The Labute approximate surface area is 81.9 Å². The zero-order valence-electron chi connectivity index (χ0n) is 5.88. The van der Waals surface area contributed by atoms with E-state index in [1.807, 2.05) is 0 Å². The molecule has 0 fully saturated rings. The Hall–Kier alpha value is -0.160. The summed E-state index contributed by atoms with van der Waals surface area (Å²) in [5.74, 6) is -0.262. The van der Waals surface area contributed by atoms with Gasteiger partial charge in [0.2, 0.25) is 0 Å². The lowest BCUT2D eigenvalue weighted by molar-refractivity contribution is -0.124. The van der Waals surface area contributed by atoms with Crippen LogP contribution in [0.25, 0.3) is 0 Å². The normalized spacial score (nSPS) is 11.9. The van der Waals surface area contributed by atoms with Crippen LogP contribution in [0.2, 0.25) is 0 Å². The Bertz CT molecular complexity index is 191. The van der Waals surface area contributed by atoms with E-state index in [0.29, 0.717) is 6.29 Å². The molecule has 62 valence electrons. The highest BCUT2D eigenvalue weighted by Crippen LogP contribution is 2.12. The second-order valence-electron chi connectivity index (χ2n) is 1.84. The molecule has 0 saturated heterocycles. The van der Waals surface area contributed by atoms with Gasteiger partial charge >= 0.3 is 0 Å². The summed E-state index contributed by atoms with van der Waals surface area (Å²) in [6.45, 7) is 5.01. The van der Waals surface area contributed by atoms with Gasteiger partial charge in [-0.15, -0.1) is 0 Å². The summed E-state index contributed by atoms with van der Waals surface area (Å²) >= 11 is 5.95. The molecule has 0 aromatic heterocycles. The molecule has 0 aliphatic heterocycles. The van der Waals surface area contributed by atoms with Crippen LogP contribution >= 0.6 is 32.1 Å². The topological polar surface area (TPSA) is 37.4 Å². The van der Waals surface area contributed by atoms with Gasteiger partial charge in [0.15, 0.2) is 6.29 Å². The van der Waals surface area contributed by atoms with Gasteiger partial charge in [0.05, 0.1) is 26.7 Å². The number of carbonyl (C=O) groups is 2. The van der Waals surface area contributed by atoms with Gasteiger partial charge in [0.25, 0.3) is 5.91 Å². The van der Waals surface area contributed by atoms with Crippen molar-refractivity contribution in [2.24, 2.45) is 0 Å². The van der Waals surface area contributed by atoms with Gasteiger partial charge < -0.3 is 0 Å². The first-order chi connectivity index (χ1) is 5.00. The van der Waals surface area contributed by atoms with Crippen LogP contribution in [0.1, 0.15) is 6.92 Å². The minimum atomic E-state index is -0.335. The number of nitrogens with zero attached hydrogens (tertiary/aromatic N) is 1. The number of allylic oxidation sites excluding steroid dienone is 1. The molecule has 0 aromatic rings. The molecule has 0 aromatic carbocycles. The summed E-state index contributed by atoms with van der Waals surface area (Å²) in [7, 11) is 0. The van der Waals surface area contributed by atoms with Gasteiger partial charge in [-0.3, -0.25) is 9.59 Å². The van der Waals surface area contributed by atoms with Crippen molar-refractivity contribution in [1.82, 2.24) is 3.93 Å². The Morgan fingerprint density at radius 3 is 2.45 bits per heavy atom. The minimum Gasteiger partial charge on any atom is -0.296 e. The third-order valence-electron chi connectivity index (χ3n) is 0.922. The maximum atomic E-state index is 11.1.